The molecule has 0 fully saturated rings. The van der Waals surface area contributed by atoms with E-state index in [1.54, 1.807) is 30.3 Å². The lowest BCUT2D eigenvalue weighted by Gasteiger charge is -2.15. The highest BCUT2D eigenvalue weighted by Gasteiger charge is 2.23. The molecule has 0 heterocycles. The van der Waals surface area contributed by atoms with Gasteiger partial charge in [-0.05, 0) is 17.7 Å². The van der Waals surface area contributed by atoms with Crippen molar-refractivity contribution in [1.29, 1.82) is 0 Å². The number of carbonyl (C=O) groups excluding carboxylic acids is 2. The third-order valence-corrected chi connectivity index (χ3v) is 3.40. The summed E-state index contributed by atoms with van der Waals surface area (Å²) in [5.41, 5.74) is -0.286. The van der Waals surface area contributed by atoms with Gasteiger partial charge in [0.05, 0.1) is 11.5 Å². The lowest BCUT2D eigenvalue weighted by molar-refractivity contribution is -0.387. The average Bonchev–Trinajstić information content (AvgIpc) is 2.64. The van der Waals surface area contributed by atoms with Crippen molar-refractivity contribution in [3.05, 3.63) is 75.6 Å². The topological polar surface area (TPSA) is 119 Å². The van der Waals surface area contributed by atoms with Crippen LogP contribution in [0, 0.1) is 15.9 Å². The second-order valence-corrected chi connectivity index (χ2v) is 5.23. The van der Waals surface area contributed by atoms with Crippen LogP contribution in [-0.2, 0) is 16.1 Å². The van der Waals surface area contributed by atoms with E-state index in [1.807, 2.05) is 0 Å². The number of ether oxygens (including phenoxy) is 1. The Morgan fingerprint density at radius 3 is 2.50 bits per heavy atom. The Hall–Kier alpha value is -3.33. The first-order chi connectivity index (χ1) is 12.4. The van der Waals surface area contributed by atoms with E-state index in [2.05, 4.69) is 5.32 Å². The highest BCUT2D eigenvalue weighted by atomic mass is 19.1. The molecule has 0 spiro atoms. The minimum absolute atomic E-state index is 0.0434. The van der Waals surface area contributed by atoms with Crippen molar-refractivity contribution >= 4 is 17.6 Å². The van der Waals surface area contributed by atoms with Crippen LogP contribution in [0.1, 0.15) is 15.9 Å². The standard InChI is InChI=1S/C17H15FN2O6/c18-13-8-12(6-7-15(13)20(24)25)16(22)19-14(9-21)17(23)26-10-11-4-2-1-3-5-11/h1-8,14,21H,9-10H2,(H,19,22)/t14-/m0/s1. The van der Waals surface area contributed by atoms with Gasteiger partial charge in [-0.2, -0.15) is 4.39 Å². The van der Waals surface area contributed by atoms with Gasteiger partial charge in [0.2, 0.25) is 5.82 Å². The molecule has 26 heavy (non-hydrogen) atoms. The molecular weight excluding hydrogens is 347 g/mol. The van der Waals surface area contributed by atoms with E-state index in [0.29, 0.717) is 6.07 Å². The van der Waals surface area contributed by atoms with E-state index in [0.717, 1.165) is 17.7 Å². The maximum absolute atomic E-state index is 13.6. The Morgan fingerprint density at radius 2 is 1.92 bits per heavy atom. The fourth-order valence-electron chi connectivity index (χ4n) is 2.05. The number of nitro benzene ring substituents is 1. The minimum atomic E-state index is -1.36. The number of hydrogen-bond acceptors (Lipinski definition) is 6. The molecular formula is C17H15FN2O6. The van der Waals surface area contributed by atoms with Crippen LogP contribution in [0.4, 0.5) is 10.1 Å². The van der Waals surface area contributed by atoms with Gasteiger partial charge in [0.1, 0.15) is 6.61 Å². The number of esters is 1. The third-order valence-electron chi connectivity index (χ3n) is 3.40. The Labute approximate surface area is 147 Å². The van der Waals surface area contributed by atoms with Gasteiger partial charge in [-0.15, -0.1) is 0 Å². The molecule has 2 aromatic carbocycles. The molecule has 1 atom stereocenters. The monoisotopic (exact) mass is 362 g/mol. The summed E-state index contributed by atoms with van der Waals surface area (Å²) >= 11 is 0. The maximum Gasteiger partial charge on any atom is 0.331 e. The third kappa shape index (κ3) is 4.84. The molecule has 0 aromatic heterocycles. The van der Waals surface area contributed by atoms with Crippen molar-refractivity contribution in [3.8, 4) is 0 Å². The fourth-order valence-corrected chi connectivity index (χ4v) is 2.05. The second-order valence-electron chi connectivity index (χ2n) is 5.23. The maximum atomic E-state index is 13.6. The zero-order valence-electron chi connectivity index (χ0n) is 13.4. The van der Waals surface area contributed by atoms with Crippen molar-refractivity contribution in [2.24, 2.45) is 0 Å². The number of halogens is 1. The molecule has 0 bridgehead atoms. The number of nitrogens with one attached hydrogen (secondary N) is 1. The summed E-state index contributed by atoms with van der Waals surface area (Å²) in [5.74, 6) is -2.93. The van der Waals surface area contributed by atoms with Crippen LogP contribution in [0.3, 0.4) is 0 Å². The molecule has 0 aliphatic heterocycles. The summed E-state index contributed by atoms with van der Waals surface area (Å²) in [6.07, 6.45) is 0. The van der Waals surface area contributed by atoms with Crippen molar-refractivity contribution in [1.82, 2.24) is 5.32 Å². The SMILES string of the molecule is O=C(N[C@@H](CO)C(=O)OCc1ccccc1)c1ccc([N+](=O)[O-])c(F)c1. The van der Waals surface area contributed by atoms with Crippen molar-refractivity contribution in [2.45, 2.75) is 12.6 Å². The Bertz CT molecular complexity index is 812. The number of aliphatic hydroxyl groups is 1. The summed E-state index contributed by atoms with van der Waals surface area (Å²) in [4.78, 5) is 33.7. The van der Waals surface area contributed by atoms with Gasteiger partial charge in [-0.3, -0.25) is 14.9 Å². The highest BCUT2D eigenvalue weighted by molar-refractivity contribution is 5.97. The summed E-state index contributed by atoms with van der Waals surface area (Å²) in [6, 6.07) is 9.99. The van der Waals surface area contributed by atoms with Crippen LogP contribution in [-0.4, -0.2) is 34.6 Å². The summed E-state index contributed by atoms with van der Waals surface area (Å²) in [6.45, 7) is -0.771. The van der Waals surface area contributed by atoms with E-state index in [-0.39, 0.29) is 12.2 Å². The quantitative estimate of drug-likeness (QED) is 0.438. The van der Waals surface area contributed by atoms with Crippen LogP contribution in [0.2, 0.25) is 0 Å². The van der Waals surface area contributed by atoms with Gasteiger partial charge >= 0.3 is 11.7 Å². The first-order valence-corrected chi connectivity index (χ1v) is 7.48. The lowest BCUT2D eigenvalue weighted by atomic mass is 10.1. The predicted octanol–water partition coefficient (Wildman–Crippen LogP) is 1.57. The molecule has 136 valence electrons. The average molecular weight is 362 g/mol. The van der Waals surface area contributed by atoms with Gasteiger partial charge in [0.25, 0.3) is 5.91 Å². The molecule has 2 rings (SSSR count). The Balaban J connectivity index is 2.00. The van der Waals surface area contributed by atoms with E-state index >= 15 is 0 Å². The second kappa shape index (κ2) is 8.67. The van der Waals surface area contributed by atoms with Gasteiger partial charge < -0.3 is 15.2 Å². The minimum Gasteiger partial charge on any atom is -0.459 e. The molecule has 0 saturated carbocycles. The first kappa shape index (κ1) is 19.0. The summed E-state index contributed by atoms with van der Waals surface area (Å²) < 4.78 is 18.6. The van der Waals surface area contributed by atoms with E-state index < -0.39 is 41.0 Å². The van der Waals surface area contributed by atoms with Gasteiger partial charge in [0, 0.05) is 11.6 Å². The van der Waals surface area contributed by atoms with Crippen LogP contribution >= 0.6 is 0 Å². The fraction of sp³-hybridized carbons (Fsp3) is 0.176. The number of nitro groups is 1. The molecule has 0 aliphatic carbocycles. The first-order valence-electron chi connectivity index (χ1n) is 7.48. The normalized spacial score (nSPS) is 11.5. The van der Waals surface area contributed by atoms with Crippen molar-refractivity contribution in [3.63, 3.8) is 0 Å². The zero-order chi connectivity index (χ0) is 19.1. The molecule has 9 heteroatoms. The predicted molar refractivity (Wildman–Crippen MR) is 87.6 cm³/mol. The number of rotatable bonds is 7. The number of aliphatic hydroxyl groups excluding tert-OH is 1. The smallest absolute Gasteiger partial charge is 0.331 e. The highest BCUT2D eigenvalue weighted by Crippen LogP contribution is 2.18. The van der Waals surface area contributed by atoms with Crippen molar-refractivity contribution < 1.29 is 28.7 Å². The molecule has 2 N–H and O–H groups in total. The largest absolute Gasteiger partial charge is 0.459 e. The molecule has 0 aliphatic rings. The molecule has 1 amide bonds. The Kier molecular flexibility index (Phi) is 6.34. The van der Waals surface area contributed by atoms with Crippen molar-refractivity contribution in [2.75, 3.05) is 6.61 Å². The number of carbonyl (C=O) groups is 2. The molecule has 0 saturated heterocycles. The number of nitrogens with zero attached hydrogens (tertiary/aromatic N) is 1. The molecule has 0 radical (unpaired) electrons. The summed E-state index contributed by atoms with van der Waals surface area (Å²) in [5, 5.41) is 22.1. The van der Waals surface area contributed by atoms with E-state index in [4.69, 9.17) is 4.74 Å². The molecule has 2 aromatic rings. The molecule has 0 unspecified atom stereocenters. The lowest BCUT2D eigenvalue weighted by Crippen LogP contribution is -2.44. The van der Waals surface area contributed by atoms with Gasteiger partial charge in [-0.25, -0.2) is 4.79 Å². The zero-order valence-corrected chi connectivity index (χ0v) is 13.4. The van der Waals surface area contributed by atoms with Crippen LogP contribution in [0.25, 0.3) is 0 Å². The molecule has 8 nitrogen and oxygen atoms in total. The Morgan fingerprint density at radius 1 is 1.23 bits per heavy atom. The van der Waals surface area contributed by atoms with E-state index in [1.165, 1.54) is 0 Å². The van der Waals surface area contributed by atoms with Gasteiger partial charge in [-0.1, -0.05) is 30.3 Å². The number of hydrogen-bond donors (Lipinski definition) is 2. The van der Waals surface area contributed by atoms with Crippen LogP contribution in [0.15, 0.2) is 48.5 Å². The van der Waals surface area contributed by atoms with Crippen LogP contribution in [0.5, 0.6) is 0 Å². The number of amides is 1. The van der Waals surface area contributed by atoms with Gasteiger partial charge in [0.15, 0.2) is 6.04 Å². The number of benzene rings is 2. The van der Waals surface area contributed by atoms with E-state index in [9.17, 15) is 29.2 Å². The summed E-state index contributed by atoms with van der Waals surface area (Å²) in [7, 11) is 0. The van der Waals surface area contributed by atoms with Crippen LogP contribution < -0.4 is 5.32 Å².